The lowest BCUT2D eigenvalue weighted by molar-refractivity contribution is 0.571. The van der Waals surface area contributed by atoms with Crippen LogP contribution >= 0.6 is 27.5 Å². The average molecular weight is 291 g/mol. The van der Waals surface area contributed by atoms with Gasteiger partial charge in [0.1, 0.15) is 12.1 Å². The van der Waals surface area contributed by atoms with E-state index in [-0.39, 0.29) is 11.7 Å². The number of rotatable bonds is 2. The molecule has 78 valence electrons. The van der Waals surface area contributed by atoms with E-state index in [9.17, 15) is 4.39 Å². The lowest BCUT2D eigenvalue weighted by Gasteiger charge is -1.97. The van der Waals surface area contributed by atoms with Crippen molar-refractivity contribution in [1.82, 2.24) is 4.98 Å². The van der Waals surface area contributed by atoms with Crippen molar-refractivity contribution in [1.29, 1.82) is 0 Å². The maximum absolute atomic E-state index is 13.1. The summed E-state index contributed by atoms with van der Waals surface area (Å²) in [6, 6.07) is 4.45. The fraction of sp³-hybridized carbons (Fsp3) is 0.100. The van der Waals surface area contributed by atoms with Crippen LogP contribution in [0.1, 0.15) is 5.69 Å². The third-order valence-electron chi connectivity index (χ3n) is 1.80. The summed E-state index contributed by atoms with van der Waals surface area (Å²) in [5, 5.41) is 0. The largest absolute Gasteiger partial charge is 0.444 e. The molecular weight excluding hydrogens is 284 g/mol. The van der Waals surface area contributed by atoms with Crippen molar-refractivity contribution in [3.63, 3.8) is 0 Å². The van der Waals surface area contributed by atoms with E-state index in [2.05, 4.69) is 20.9 Å². The number of aromatic nitrogens is 1. The summed E-state index contributed by atoms with van der Waals surface area (Å²) in [5.74, 6) is 0.302. The second kappa shape index (κ2) is 4.33. The summed E-state index contributed by atoms with van der Waals surface area (Å²) in [6.07, 6.45) is 1.46. The zero-order valence-corrected chi connectivity index (χ0v) is 9.85. The Hall–Kier alpha value is -0.870. The van der Waals surface area contributed by atoms with Crippen molar-refractivity contribution in [3.8, 4) is 11.5 Å². The normalized spacial score (nSPS) is 10.6. The van der Waals surface area contributed by atoms with E-state index in [1.165, 1.54) is 18.4 Å². The van der Waals surface area contributed by atoms with Crippen LogP contribution in [-0.2, 0) is 5.88 Å². The van der Waals surface area contributed by atoms with Gasteiger partial charge in [-0.3, -0.25) is 0 Å². The molecule has 0 N–H and O–H groups in total. The second-order valence-electron chi connectivity index (χ2n) is 2.94. The molecule has 0 aliphatic carbocycles. The monoisotopic (exact) mass is 289 g/mol. The molecular formula is C10H6BrClFNO. The Bertz CT molecular complexity index is 466. The molecule has 5 heteroatoms. The van der Waals surface area contributed by atoms with Crippen molar-refractivity contribution in [2.24, 2.45) is 0 Å². The molecule has 0 unspecified atom stereocenters. The van der Waals surface area contributed by atoms with Crippen molar-refractivity contribution >= 4 is 27.5 Å². The first-order chi connectivity index (χ1) is 7.19. The van der Waals surface area contributed by atoms with Gasteiger partial charge in [0.05, 0.1) is 11.6 Å². The Morgan fingerprint density at radius 2 is 2.20 bits per heavy atom. The number of benzene rings is 1. The molecule has 0 atom stereocenters. The van der Waals surface area contributed by atoms with Gasteiger partial charge < -0.3 is 4.42 Å². The third kappa shape index (κ3) is 2.38. The highest BCUT2D eigenvalue weighted by Crippen LogP contribution is 2.24. The number of hydrogen-bond donors (Lipinski definition) is 0. The minimum atomic E-state index is -0.343. The van der Waals surface area contributed by atoms with Crippen LogP contribution in [0.25, 0.3) is 11.5 Å². The molecule has 0 aliphatic heterocycles. The minimum Gasteiger partial charge on any atom is -0.444 e. The number of nitrogens with zero attached hydrogens (tertiary/aromatic N) is 1. The topological polar surface area (TPSA) is 26.0 Å². The molecule has 2 aromatic rings. The lowest BCUT2D eigenvalue weighted by Crippen LogP contribution is -1.82. The van der Waals surface area contributed by atoms with E-state index in [4.69, 9.17) is 16.0 Å². The molecule has 1 heterocycles. The lowest BCUT2D eigenvalue weighted by atomic mass is 10.2. The molecule has 0 fully saturated rings. The number of halogens is 3. The first-order valence-electron chi connectivity index (χ1n) is 4.16. The van der Waals surface area contributed by atoms with E-state index in [0.29, 0.717) is 21.6 Å². The number of hydrogen-bond acceptors (Lipinski definition) is 2. The molecule has 0 bridgehead atoms. The van der Waals surface area contributed by atoms with E-state index in [1.807, 2.05) is 0 Å². The van der Waals surface area contributed by atoms with Gasteiger partial charge in [0, 0.05) is 10.0 Å². The maximum Gasteiger partial charge on any atom is 0.226 e. The van der Waals surface area contributed by atoms with Crippen molar-refractivity contribution in [2.45, 2.75) is 5.88 Å². The summed E-state index contributed by atoms with van der Waals surface area (Å²) in [7, 11) is 0. The van der Waals surface area contributed by atoms with Crippen LogP contribution in [0, 0.1) is 5.82 Å². The Morgan fingerprint density at radius 3 is 2.80 bits per heavy atom. The standard InChI is InChI=1S/C10H6BrClFNO/c11-7-1-6(2-8(13)3-7)10-14-9(4-12)5-15-10/h1-3,5H,4H2. The predicted octanol–water partition coefficient (Wildman–Crippen LogP) is 3.98. The number of oxazole rings is 1. The predicted molar refractivity (Wildman–Crippen MR) is 59.2 cm³/mol. The smallest absolute Gasteiger partial charge is 0.226 e. The van der Waals surface area contributed by atoms with E-state index >= 15 is 0 Å². The summed E-state index contributed by atoms with van der Waals surface area (Å²) in [6.45, 7) is 0. The average Bonchev–Trinajstić information content (AvgIpc) is 2.64. The van der Waals surface area contributed by atoms with Gasteiger partial charge in [-0.05, 0) is 18.2 Å². The molecule has 0 aliphatic rings. The number of alkyl halides is 1. The quantitative estimate of drug-likeness (QED) is 0.782. The summed E-state index contributed by atoms with van der Waals surface area (Å²) in [4.78, 5) is 4.10. The molecule has 0 radical (unpaired) electrons. The molecule has 15 heavy (non-hydrogen) atoms. The van der Waals surface area contributed by atoms with Gasteiger partial charge in [-0.15, -0.1) is 11.6 Å². The fourth-order valence-corrected chi connectivity index (χ4v) is 1.77. The highest BCUT2D eigenvalue weighted by atomic mass is 79.9. The van der Waals surface area contributed by atoms with Gasteiger partial charge >= 0.3 is 0 Å². The maximum atomic E-state index is 13.1. The third-order valence-corrected chi connectivity index (χ3v) is 2.53. The van der Waals surface area contributed by atoms with E-state index in [0.717, 1.165) is 0 Å². The Kier molecular flexibility index (Phi) is 3.07. The Balaban J connectivity index is 2.44. The van der Waals surface area contributed by atoms with Gasteiger partial charge in [-0.25, -0.2) is 9.37 Å². The summed E-state index contributed by atoms with van der Waals surface area (Å²) >= 11 is 8.78. The van der Waals surface area contributed by atoms with Gasteiger partial charge in [0.2, 0.25) is 5.89 Å². The van der Waals surface area contributed by atoms with E-state index in [1.54, 1.807) is 6.07 Å². The van der Waals surface area contributed by atoms with Crippen LogP contribution in [0.4, 0.5) is 4.39 Å². The highest BCUT2D eigenvalue weighted by molar-refractivity contribution is 9.10. The first-order valence-corrected chi connectivity index (χ1v) is 5.48. The van der Waals surface area contributed by atoms with Crippen LogP contribution < -0.4 is 0 Å². The minimum absolute atomic E-state index is 0.278. The van der Waals surface area contributed by atoms with Gasteiger partial charge in [0.15, 0.2) is 0 Å². The molecule has 1 aromatic carbocycles. The fourth-order valence-electron chi connectivity index (χ4n) is 1.18. The molecule has 2 rings (SSSR count). The zero-order chi connectivity index (χ0) is 10.8. The molecule has 1 aromatic heterocycles. The molecule has 2 nitrogen and oxygen atoms in total. The van der Waals surface area contributed by atoms with Crippen LogP contribution in [-0.4, -0.2) is 4.98 Å². The van der Waals surface area contributed by atoms with Crippen molar-refractivity contribution in [3.05, 3.63) is 40.4 Å². The SMILES string of the molecule is Fc1cc(Br)cc(-c2nc(CCl)co2)c1. The van der Waals surface area contributed by atoms with Gasteiger partial charge in [0.25, 0.3) is 0 Å². The summed E-state index contributed by atoms with van der Waals surface area (Å²) < 4.78 is 18.9. The Morgan fingerprint density at radius 1 is 1.40 bits per heavy atom. The van der Waals surface area contributed by atoms with Crippen LogP contribution in [0.5, 0.6) is 0 Å². The zero-order valence-electron chi connectivity index (χ0n) is 7.51. The van der Waals surface area contributed by atoms with Gasteiger partial charge in [-0.2, -0.15) is 0 Å². The van der Waals surface area contributed by atoms with Crippen molar-refractivity contribution < 1.29 is 8.81 Å². The Labute approximate surface area is 99.2 Å². The highest BCUT2D eigenvalue weighted by Gasteiger charge is 2.08. The molecule has 0 saturated heterocycles. The molecule has 0 spiro atoms. The molecule has 0 amide bonds. The van der Waals surface area contributed by atoms with E-state index < -0.39 is 0 Å². The van der Waals surface area contributed by atoms with Crippen molar-refractivity contribution in [2.75, 3.05) is 0 Å². The van der Waals surface area contributed by atoms with Crippen LogP contribution in [0.2, 0.25) is 0 Å². The first kappa shape index (κ1) is 10.6. The van der Waals surface area contributed by atoms with Crippen LogP contribution in [0.3, 0.4) is 0 Å². The molecule has 0 saturated carbocycles. The second-order valence-corrected chi connectivity index (χ2v) is 4.12. The van der Waals surface area contributed by atoms with Crippen LogP contribution in [0.15, 0.2) is 33.4 Å². The van der Waals surface area contributed by atoms with Gasteiger partial charge in [-0.1, -0.05) is 15.9 Å². The summed E-state index contributed by atoms with van der Waals surface area (Å²) in [5.41, 5.74) is 1.21.